The van der Waals surface area contributed by atoms with Gasteiger partial charge >= 0.3 is 6.18 Å². The van der Waals surface area contributed by atoms with Gasteiger partial charge < -0.3 is 10.5 Å². The Labute approximate surface area is 100 Å². The van der Waals surface area contributed by atoms with E-state index in [1.807, 2.05) is 0 Å². The van der Waals surface area contributed by atoms with Gasteiger partial charge in [0.1, 0.15) is 12.4 Å². The first kappa shape index (κ1) is 14.1. The lowest BCUT2D eigenvalue weighted by atomic mass is 10.3. The number of benzene rings is 1. The van der Waals surface area contributed by atoms with Gasteiger partial charge in [0.05, 0.1) is 6.61 Å². The lowest BCUT2D eigenvalue weighted by molar-refractivity contribution is -0.172. The summed E-state index contributed by atoms with van der Waals surface area (Å²) in [4.78, 5) is 0.501. The lowest BCUT2D eigenvalue weighted by Gasteiger charge is -2.08. The summed E-state index contributed by atoms with van der Waals surface area (Å²) in [5.74, 6) is -0.151. The quantitative estimate of drug-likeness (QED) is 0.386. The third-order valence-electron chi connectivity index (χ3n) is 1.73. The highest BCUT2D eigenvalue weighted by Crippen LogP contribution is 2.25. The number of thioether (sulfide) groups is 1. The molecule has 0 bridgehead atoms. The first-order chi connectivity index (χ1) is 7.88. The van der Waals surface area contributed by atoms with Gasteiger partial charge in [-0.2, -0.15) is 13.2 Å². The van der Waals surface area contributed by atoms with Gasteiger partial charge in [0.25, 0.3) is 0 Å². The molecule has 0 fully saturated rings. The SMILES string of the molecule is Nc1ccc(F)cc1SCCOCC(F)(F)F. The molecule has 0 aliphatic heterocycles. The fourth-order valence-corrected chi connectivity index (χ4v) is 1.88. The van der Waals surface area contributed by atoms with Crippen LogP contribution in [0.3, 0.4) is 0 Å². The van der Waals surface area contributed by atoms with Gasteiger partial charge in [0.15, 0.2) is 0 Å². The first-order valence-corrected chi connectivity index (χ1v) is 5.69. The Morgan fingerprint density at radius 3 is 2.65 bits per heavy atom. The van der Waals surface area contributed by atoms with Crippen molar-refractivity contribution in [2.24, 2.45) is 0 Å². The summed E-state index contributed by atoms with van der Waals surface area (Å²) >= 11 is 1.15. The zero-order chi connectivity index (χ0) is 12.9. The van der Waals surface area contributed by atoms with Crippen molar-refractivity contribution in [3.8, 4) is 0 Å². The summed E-state index contributed by atoms with van der Waals surface area (Å²) in [6.45, 7) is -1.34. The molecule has 0 aliphatic rings. The Balaban J connectivity index is 2.29. The molecule has 0 unspecified atom stereocenters. The molecule has 0 atom stereocenters. The number of anilines is 1. The predicted molar refractivity (Wildman–Crippen MR) is 58.4 cm³/mol. The molecule has 1 aromatic rings. The van der Waals surface area contributed by atoms with E-state index in [0.717, 1.165) is 11.8 Å². The predicted octanol–water partition coefficient (Wildman–Crippen LogP) is 3.08. The number of alkyl halides is 3. The van der Waals surface area contributed by atoms with Crippen molar-refractivity contribution in [1.82, 2.24) is 0 Å². The fourth-order valence-electron chi connectivity index (χ4n) is 1.03. The van der Waals surface area contributed by atoms with E-state index in [0.29, 0.717) is 10.6 Å². The van der Waals surface area contributed by atoms with Crippen LogP contribution < -0.4 is 5.73 Å². The molecule has 0 heterocycles. The second-order valence-corrected chi connectivity index (χ2v) is 4.34. The van der Waals surface area contributed by atoms with Crippen molar-refractivity contribution >= 4 is 17.4 Å². The van der Waals surface area contributed by atoms with Crippen molar-refractivity contribution in [2.75, 3.05) is 24.7 Å². The van der Waals surface area contributed by atoms with Crippen LogP contribution in [-0.4, -0.2) is 25.1 Å². The van der Waals surface area contributed by atoms with Crippen LogP contribution in [0.2, 0.25) is 0 Å². The molecule has 0 aromatic heterocycles. The number of ether oxygens (including phenoxy) is 1. The van der Waals surface area contributed by atoms with Crippen LogP contribution in [0, 0.1) is 5.82 Å². The van der Waals surface area contributed by atoms with Gasteiger partial charge in [-0.05, 0) is 18.2 Å². The van der Waals surface area contributed by atoms with Crippen LogP contribution in [0.25, 0.3) is 0 Å². The fraction of sp³-hybridized carbons (Fsp3) is 0.400. The maximum atomic E-state index is 12.8. The van der Waals surface area contributed by atoms with Crippen molar-refractivity contribution in [2.45, 2.75) is 11.1 Å². The van der Waals surface area contributed by atoms with E-state index in [1.54, 1.807) is 0 Å². The molecule has 96 valence electrons. The highest BCUT2D eigenvalue weighted by atomic mass is 32.2. The van der Waals surface area contributed by atoms with Gasteiger partial charge in [0.2, 0.25) is 0 Å². The second kappa shape index (κ2) is 6.11. The highest BCUT2D eigenvalue weighted by molar-refractivity contribution is 7.99. The van der Waals surface area contributed by atoms with Crippen LogP contribution in [-0.2, 0) is 4.74 Å². The number of rotatable bonds is 5. The number of halogens is 4. The zero-order valence-electron chi connectivity index (χ0n) is 8.76. The molecule has 0 saturated heterocycles. The van der Waals surface area contributed by atoms with Gasteiger partial charge in [0, 0.05) is 16.3 Å². The second-order valence-electron chi connectivity index (χ2n) is 3.20. The Morgan fingerprint density at radius 2 is 2.00 bits per heavy atom. The summed E-state index contributed by atoms with van der Waals surface area (Å²) < 4.78 is 52.4. The summed E-state index contributed by atoms with van der Waals surface area (Å²) in [5, 5.41) is 0. The van der Waals surface area contributed by atoms with E-state index in [4.69, 9.17) is 5.73 Å². The third-order valence-corrected chi connectivity index (χ3v) is 2.76. The minimum Gasteiger partial charge on any atom is -0.398 e. The molecule has 0 saturated carbocycles. The van der Waals surface area contributed by atoms with Gasteiger partial charge in [-0.3, -0.25) is 0 Å². The standard InChI is InChI=1S/C10H11F4NOS/c11-7-1-2-8(15)9(5-7)17-4-3-16-6-10(12,13)14/h1-2,5H,3-4,6,15H2. The summed E-state index contributed by atoms with van der Waals surface area (Å²) in [6.07, 6.45) is -4.32. The summed E-state index contributed by atoms with van der Waals surface area (Å²) in [5.41, 5.74) is 5.96. The minimum absolute atomic E-state index is 0.0693. The van der Waals surface area contributed by atoms with E-state index < -0.39 is 18.6 Å². The highest BCUT2D eigenvalue weighted by Gasteiger charge is 2.27. The number of nitrogens with two attached hydrogens (primary N) is 1. The Kier molecular flexibility index (Phi) is 5.07. The molecule has 7 heteroatoms. The Morgan fingerprint density at radius 1 is 1.29 bits per heavy atom. The molecule has 0 radical (unpaired) electrons. The van der Waals surface area contributed by atoms with Crippen LogP contribution in [0.5, 0.6) is 0 Å². The normalized spacial score (nSPS) is 11.8. The van der Waals surface area contributed by atoms with Crippen LogP contribution in [0.1, 0.15) is 0 Å². The number of hydrogen-bond acceptors (Lipinski definition) is 3. The Bertz CT molecular complexity index is 370. The van der Waals surface area contributed by atoms with E-state index in [2.05, 4.69) is 4.74 Å². The zero-order valence-corrected chi connectivity index (χ0v) is 9.58. The monoisotopic (exact) mass is 269 g/mol. The summed E-state index contributed by atoms with van der Waals surface area (Å²) in [7, 11) is 0. The lowest BCUT2D eigenvalue weighted by Crippen LogP contribution is -2.17. The molecule has 2 nitrogen and oxygen atoms in total. The number of nitrogen functional groups attached to an aromatic ring is 1. The van der Waals surface area contributed by atoms with Gasteiger partial charge in [-0.25, -0.2) is 4.39 Å². The first-order valence-electron chi connectivity index (χ1n) is 4.71. The maximum Gasteiger partial charge on any atom is 0.411 e. The molecule has 1 aromatic carbocycles. The van der Waals surface area contributed by atoms with Crippen molar-refractivity contribution < 1.29 is 22.3 Å². The van der Waals surface area contributed by atoms with Crippen LogP contribution in [0.4, 0.5) is 23.2 Å². The Hall–Kier alpha value is -0.950. The minimum atomic E-state index is -4.32. The average molecular weight is 269 g/mol. The molecule has 1 rings (SSSR count). The van der Waals surface area contributed by atoms with Crippen molar-refractivity contribution in [3.63, 3.8) is 0 Å². The molecular formula is C10H11F4NOS. The maximum absolute atomic E-state index is 12.8. The van der Waals surface area contributed by atoms with E-state index in [1.165, 1.54) is 18.2 Å². The van der Waals surface area contributed by atoms with Gasteiger partial charge in [-0.15, -0.1) is 11.8 Å². The largest absolute Gasteiger partial charge is 0.411 e. The van der Waals surface area contributed by atoms with Crippen LogP contribution >= 0.6 is 11.8 Å². The van der Waals surface area contributed by atoms with Crippen molar-refractivity contribution in [3.05, 3.63) is 24.0 Å². The van der Waals surface area contributed by atoms with Crippen LogP contribution in [0.15, 0.2) is 23.1 Å². The summed E-state index contributed by atoms with van der Waals surface area (Å²) in [6, 6.07) is 3.87. The van der Waals surface area contributed by atoms with E-state index in [-0.39, 0.29) is 12.4 Å². The molecule has 0 aliphatic carbocycles. The molecule has 17 heavy (non-hydrogen) atoms. The topological polar surface area (TPSA) is 35.2 Å². The van der Waals surface area contributed by atoms with Crippen molar-refractivity contribution in [1.29, 1.82) is 0 Å². The molecule has 0 spiro atoms. The molecule has 0 amide bonds. The average Bonchev–Trinajstić information content (AvgIpc) is 2.21. The number of hydrogen-bond donors (Lipinski definition) is 1. The van der Waals surface area contributed by atoms with E-state index >= 15 is 0 Å². The van der Waals surface area contributed by atoms with E-state index in [9.17, 15) is 17.6 Å². The van der Waals surface area contributed by atoms with Gasteiger partial charge in [-0.1, -0.05) is 0 Å². The molecule has 2 N–H and O–H groups in total. The molecular weight excluding hydrogens is 258 g/mol. The smallest absolute Gasteiger partial charge is 0.398 e. The third kappa shape index (κ3) is 5.78.